The average Bonchev–Trinajstić information content (AvgIpc) is 2.26. The summed E-state index contributed by atoms with van der Waals surface area (Å²) in [6, 6.07) is 7.06. The molecule has 0 radical (unpaired) electrons. The summed E-state index contributed by atoms with van der Waals surface area (Å²) in [7, 11) is 0. The van der Waals surface area contributed by atoms with Crippen molar-refractivity contribution in [1.29, 1.82) is 0 Å². The van der Waals surface area contributed by atoms with Gasteiger partial charge in [0.25, 0.3) is 0 Å². The van der Waals surface area contributed by atoms with Crippen LogP contribution >= 0.6 is 0 Å². The van der Waals surface area contributed by atoms with Crippen LogP contribution in [0.1, 0.15) is 42.5 Å². The summed E-state index contributed by atoms with van der Waals surface area (Å²) in [5.74, 6) is 0.666. The predicted octanol–water partition coefficient (Wildman–Crippen LogP) is 2.72. The first-order valence-electron chi connectivity index (χ1n) is 6.55. The molecule has 2 rings (SSSR count). The van der Waals surface area contributed by atoms with Gasteiger partial charge in [-0.2, -0.15) is 0 Å². The van der Waals surface area contributed by atoms with E-state index in [-0.39, 0.29) is 6.10 Å². The Balaban J connectivity index is 1.86. The second kappa shape index (κ2) is 5.19. The lowest BCUT2D eigenvalue weighted by Crippen LogP contribution is -2.36. The highest BCUT2D eigenvalue weighted by atomic mass is 16.3. The summed E-state index contributed by atoms with van der Waals surface area (Å²) in [6.07, 6.45) is 1.89. The maximum Gasteiger partial charge on any atom is 0.0546 e. The van der Waals surface area contributed by atoms with Gasteiger partial charge in [0.2, 0.25) is 0 Å². The standard InChI is InChI=1S/C15H23NO/c1-10-4-5-14(6-11(10)2)12(3)16-9-13-7-15(17)8-13/h4-6,12-13,15-17H,7-9H2,1-3H3. The Kier molecular flexibility index (Phi) is 3.85. The third-order valence-electron chi connectivity index (χ3n) is 3.95. The monoisotopic (exact) mass is 233 g/mol. The molecule has 1 fully saturated rings. The van der Waals surface area contributed by atoms with E-state index >= 15 is 0 Å². The number of nitrogens with one attached hydrogen (secondary N) is 1. The molecule has 2 heteroatoms. The maximum atomic E-state index is 9.24. The van der Waals surface area contributed by atoms with E-state index < -0.39 is 0 Å². The Labute approximate surface area is 104 Å². The normalized spacial score (nSPS) is 25.4. The summed E-state index contributed by atoms with van der Waals surface area (Å²) in [4.78, 5) is 0. The smallest absolute Gasteiger partial charge is 0.0546 e. The molecular weight excluding hydrogens is 210 g/mol. The van der Waals surface area contributed by atoms with Crippen molar-refractivity contribution in [2.45, 2.75) is 45.8 Å². The van der Waals surface area contributed by atoms with Crippen molar-refractivity contribution in [1.82, 2.24) is 5.32 Å². The van der Waals surface area contributed by atoms with E-state index in [4.69, 9.17) is 0 Å². The van der Waals surface area contributed by atoms with Crippen LogP contribution in [0.2, 0.25) is 0 Å². The second-order valence-electron chi connectivity index (χ2n) is 5.46. The highest BCUT2D eigenvalue weighted by Crippen LogP contribution is 2.27. The van der Waals surface area contributed by atoms with E-state index in [1.807, 2.05) is 0 Å². The SMILES string of the molecule is Cc1ccc(C(C)NCC2CC(O)C2)cc1C. The van der Waals surface area contributed by atoms with Crippen molar-refractivity contribution in [3.8, 4) is 0 Å². The first kappa shape index (κ1) is 12.6. The van der Waals surface area contributed by atoms with Gasteiger partial charge in [-0.15, -0.1) is 0 Å². The lowest BCUT2D eigenvalue weighted by atomic mass is 9.82. The molecule has 0 amide bonds. The van der Waals surface area contributed by atoms with E-state index in [1.54, 1.807) is 0 Å². The quantitative estimate of drug-likeness (QED) is 0.838. The summed E-state index contributed by atoms with van der Waals surface area (Å²) in [5, 5.41) is 12.8. The summed E-state index contributed by atoms with van der Waals surface area (Å²) in [6.45, 7) is 7.53. The Bertz CT molecular complexity index is 383. The molecule has 0 heterocycles. The minimum atomic E-state index is -0.0428. The molecule has 1 unspecified atom stereocenters. The first-order chi connectivity index (χ1) is 8.06. The van der Waals surface area contributed by atoms with Crippen molar-refractivity contribution in [2.75, 3.05) is 6.54 Å². The van der Waals surface area contributed by atoms with Gasteiger partial charge in [0.1, 0.15) is 0 Å². The van der Waals surface area contributed by atoms with Gasteiger partial charge in [-0.1, -0.05) is 18.2 Å². The molecule has 0 aliphatic heterocycles. The number of rotatable bonds is 4. The maximum absolute atomic E-state index is 9.24. The summed E-state index contributed by atoms with van der Waals surface area (Å²) in [5.41, 5.74) is 4.06. The van der Waals surface area contributed by atoms with Gasteiger partial charge in [-0.3, -0.25) is 0 Å². The van der Waals surface area contributed by atoms with E-state index in [2.05, 4.69) is 44.3 Å². The Morgan fingerprint density at radius 1 is 1.29 bits per heavy atom. The van der Waals surface area contributed by atoms with E-state index in [9.17, 15) is 5.11 Å². The molecular formula is C15H23NO. The van der Waals surface area contributed by atoms with Crippen LogP contribution in [-0.2, 0) is 0 Å². The van der Waals surface area contributed by atoms with Crippen LogP contribution in [0, 0.1) is 19.8 Å². The Morgan fingerprint density at radius 2 is 2.00 bits per heavy atom. The molecule has 1 saturated carbocycles. The number of aryl methyl sites for hydroxylation is 2. The van der Waals surface area contributed by atoms with Crippen molar-refractivity contribution in [2.24, 2.45) is 5.92 Å². The molecule has 0 aromatic heterocycles. The molecule has 2 N–H and O–H groups in total. The first-order valence-corrected chi connectivity index (χ1v) is 6.55. The van der Waals surface area contributed by atoms with Gasteiger partial charge < -0.3 is 10.4 Å². The van der Waals surface area contributed by atoms with Crippen LogP contribution in [-0.4, -0.2) is 17.8 Å². The van der Waals surface area contributed by atoms with Gasteiger partial charge in [0.15, 0.2) is 0 Å². The van der Waals surface area contributed by atoms with Crippen molar-refractivity contribution < 1.29 is 5.11 Å². The molecule has 0 bridgehead atoms. The zero-order chi connectivity index (χ0) is 12.4. The highest BCUT2D eigenvalue weighted by molar-refractivity contribution is 5.31. The van der Waals surface area contributed by atoms with E-state index in [0.29, 0.717) is 12.0 Å². The Hall–Kier alpha value is -0.860. The topological polar surface area (TPSA) is 32.3 Å². The van der Waals surface area contributed by atoms with Gasteiger partial charge in [0.05, 0.1) is 6.10 Å². The van der Waals surface area contributed by atoms with Gasteiger partial charge >= 0.3 is 0 Å². The van der Waals surface area contributed by atoms with E-state index in [0.717, 1.165) is 19.4 Å². The van der Waals surface area contributed by atoms with Crippen LogP contribution in [0.5, 0.6) is 0 Å². The largest absolute Gasteiger partial charge is 0.393 e. The second-order valence-corrected chi connectivity index (χ2v) is 5.46. The molecule has 0 spiro atoms. The number of hydrogen-bond acceptors (Lipinski definition) is 2. The van der Waals surface area contributed by atoms with Crippen LogP contribution in [0.15, 0.2) is 18.2 Å². The fraction of sp³-hybridized carbons (Fsp3) is 0.600. The highest BCUT2D eigenvalue weighted by Gasteiger charge is 2.26. The third-order valence-corrected chi connectivity index (χ3v) is 3.95. The van der Waals surface area contributed by atoms with Crippen LogP contribution < -0.4 is 5.32 Å². The fourth-order valence-corrected chi connectivity index (χ4v) is 2.36. The van der Waals surface area contributed by atoms with Crippen LogP contribution in [0.4, 0.5) is 0 Å². The molecule has 94 valence electrons. The number of benzene rings is 1. The lowest BCUT2D eigenvalue weighted by Gasteiger charge is -2.32. The summed E-state index contributed by atoms with van der Waals surface area (Å²) >= 11 is 0. The van der Waals surface area contributed by atoms with Crippen molar-refractivity contribution in [3.05, 3.63) is 34.9 Å². The molecule has 1 aliphatic carbocycles. The average molecular weight is 233 g/mol. The van der Waals surface area contributed by atoms with Gasteiger partial charge in [-0.25, -0.2) is 0 Å². The van der Waals surface area contributed by atoms with Gasteiger partial charge in [0, 0.05) is 6.04 Å². The fourth-order valence-electron chi connectivity index (χ4n) is 2.36. The minimum Gasteiger partial charge on any atom is -0.393 e. The predicted molar refractivity (Wildman–Crippen MR) is 71.1 cm³/mol. The zero-order valence-corrected chi connectivity index (χ0v) is 11.0. The summed E-state index contributed by atoms with van der Waals surface area (Å²) < 4.78 is 0. The molecule has 0 saturated heterocycles. The molecule has 17 heavy (non-hydrogen) atoms. The molecule has 1 aliphatic rings. The van der Waals surface area contributed by atoms with Crippen LogP contribution in [0.25, 0.3) is 0 Å². The number of aliphatic hydroxyl groups excluding tert-OH is 1. The molecule has 1 aromatic rings. The van der Waals surface area contributed by atoms with Crippen LogP contribution in [0.3, 0.4) is 0 Å². The zero-order valence-electron chi connectivity index (χ0n) is 11.0. The number of aliphatic hydroxyl groups is 1. The van der Waals surface area contributed by atoms with Crippen molar-refractivity contribution >= 4 is 0 Å². The molecule has 1 atom stereocenters. The van der Waals surface area contributed by atoms with Gasteiger partial charge in [-0.05, 0) is 62.8 Å². The van der Waals surface area contributed by atoms with Crippen molar-refractivity contribution in [3.63, 3.8) is 0 Å². The Morgan fingerprint density at radius 3 is 2.59 bits per heavy atom. The third kappa shape index (κ3) is 3.08. The lowest BCUT2D eigenvalue weighted by molar-refractivity contribution is 0.0420. The molecule has 1 aromatic carbocycles. The minimum absolute atomic E-state index is 0.0428. The number of hydrogen-bond donors (Lipinski definition) is 2. The van der Waals surface area contributed by atoms with E-state index in [1.165, 1.54) is 16.7 Å². The molecule has 2 nitrogen and oxygen atoms in total.